The minimum Gasteiger partial charge on any atom is -0.490 e. The molecule has 1 unspecified atom stereocenters. The van der Waals surface area contributed by atoms with Gasteiger partial charge in [0.15, 0.2) is 0 Å². The number of ether oxygens (including phenoxy) is 1. The summed E-state index contributed by atoms with van der Waals surface area (Å²) in [5.74, 6) is 0.694. The number of nitrogens with one attached hydrogen (secondary N) is 1. The lowest BCUT2D eigenvalue weighted by Crippen LogP contribution is -2.43. The standard InChI is InChI=1S/C24H34N4O2/c1-17(23-16-27(3)26-18(23)2)25-24(29)19-7-6-10-22(15-19)30-21-11-13-28(14-12-21)20-8-4-5-9-20/h6-7,10,15-17,20-21H,4-5,8-9,11-14H2,1-3H3,(H,25,29). The number of nitrogens with zero attached hydrogens (tertiary/aromatic N) is 3. The molecule has 1 atom stereocenters. The number of likely N-dealkylation sites (tertiary alicyclic amines) is 1. The van der Waals surface area contributed by atoms with Crippen LogP contribution in [0.15, 0.2) is 30.5 Å². The molecule has 6 heteroatoms. The van der Waals surface area contributed by atoms with Crippen molar-refractivity contribution in [2.45, 2.75) is 70.6 Å². The van der Waals surface area contributed by atoms with Crippen LogP contribution in [0.4, 0.5) is 0 Å². The average molecular weight is 411 g/mol. The van der Waals surface area contributed by atoms with Gasteiger partial charge in [-0.15, -0.1) is 0 Å². The highest BCUT2D eigenvalue weighted by atomic mass is 16.5. The van der Waals surface area contributed by atoms with Gasteiger partial charge in [0.2, 0.25) is 0 Å². The fourth-order valence-electron chi connectivity index (χ4n) is 4.93. The molecule has 1 N–H and O–H groups in total. The minimum absolute atomic E-state index is 0.0905. The number of hydrogen-bond acceptors (Lipinski definition) is 4. The molecule has 2 heterocycles. The molecule has 0 bridgehead atoms. The van der Waals surface area contributed by atoms with Crippen molar-refractivity contribution in [1.82, 2.24) is 20.0 Å². The highest BCUT2D eigenvalue weighted by molar-refractivity contribution is 5.94. The Morgan fingerprint density at radius 3 is 2.60 bits per heavy atom. The van der Waals surface area contributed by atoms with Gasteiger partial charge in [0.1, 0.15) is 11.9 Å². The van der Waals surface area contributed by atoms with Crippen LogP contribution in [0.25, 0.3) is 0 Å². The van der Waals surface area contributed by atoms with Gasteiger partial charge in [-0.2, -0.15) is 5.10 Å². The van der Waals surface area contributed by atoms with Crippen molar-refractivity contribution in [1.29, 1.82) is 0 Å². The van der Waals surface area contributed by atoms with Crippen molar-refractivity contribution in [2.24, 2.45) is 7.05 Å². The van der Waals surface area contributed by atoms with Crippen molar-refractivity contribution in [3.63, 3.8) is 0 Å². The Labute approximate surface area is 179 Å². The lowest BCUT2D eigenvalue weighted by Gasteiger charge is -2.36. The van der Waals surface area contributed by atoms with E-state index in [2.05, 4.69) is 15.3 Å². The zero-order valence-electron chi connectivity index (χ0n) is 18.4. The van der Waals surface area contributed by atoms with Crippen LogP contribution in [0.3, 0.4) is 0 Å². The third-order valence-electron chi connectivity index (χ3n) is 6.58. The number of aromatic nitrogens is 2. The van der Waals surface area contributed by atoms with E-state index in [0.29, 0.717) is 5.56 Å². The minimum atomic E-state index is -0.101. The fraction of sp³-hybridized carbons (Fsp3) is 0.583. The third-order valence-corrected chi connectivity index (χ3v) is 6.58. The monoisotopic (exact) mass is 410 g/mol. The molecule has 1 aromatic heterocycles. The Hall–Kier alpha value is -2.34. The maximum Gasteiger partial charge on any atom is 0.251 e. The maximum absolute atomic E-state index is 12.8. The summed E-state index contributed by atoms with van der Waals surface area (Å²) in [5, 5.41) is 7.44. The first kappa shape index (κ1) is 20.9. The second kappa shape index (κ2) is 9.21. The van der Waals surface area contributed by atoms with E-state index >= 15 is 0 Å². The number of benzene rings is 1. The van der Waals surface area contributed by atoms with Crippen LogP contribution in [0.2, 0.25) is 0 Å². The van der Waals surface area contributed by atoms with Gasteiger partial charge < -0.3 is 15.0 Å². The van der Waals surface area contributed by atoms with E-state index in [0.717, 1.165) is 49.0 Å². The van der Waals surface area contributed by atoms with E-state index in [9.17, 15) is 4.79 Å². The smallest absolute Gasteiger partial charge is 0.251 e. The van der Waals surface area contributed by atoms with E-state index < -0.39 is 0 Å². The summed E-state index contributed by atoms with van der Waals surface area (Å²) in [6.45, 7) is 6.19. The van der Waals surface area contributed by atoms with E-state index in [1.54, 1.807) is 4.68 Å². The quantitative estimate of drug-likeness (QED) is 0.782. The molecule has 4 rings (SSSR count). The third kappa shape index (κ3) is 4.86. The first-order valence-electron chi connectivity index (χ1n) is 11.3. The number of carbonyl (C=O) groups excluding carboxylic acids is 1. The maximum atomic E-state index is 12.8. The predicted octanol–water partition coefficient (Wildman–Crippen LogP) is 4.01. The normalized spacial score (nSPS) is 19.7. The van der Waals surface area contributed by atoms with E-state index in [4.69, 9.17) is 4.74 Å². The van der Waals surface area contributed by atoms with Gasteiger partial charge in [0.05, 0.1) is 11.7 Å². The Morgan fingerprint density at radius 1 is 1.20 bits per heavy atom. The van der Waals surface area contributed by atoms with Crippen molar-refractivity contribution < 1.29 is 9.53 Å². The van der Waals surface area contributed by atoms with Crippen molar-refractivity contribution in [3.05, 3.63) is 47.3 Å². The molecule has 30 heavy (non-hydrogen) atoms. The zero-order valence-corrected chi connectivity index (χ0v) is 18.4. The molecule has 1 aliphatic carbocycles. The Kier molecular flexibility index (Phi) is 6.42. The molecule has 2 aliphatic rings. The van der Waals surface area contributed by atoms with Crippen molar-refractivity contribution in [2.75, 3.05) is 13.1 Å². The number of aryl methyl sites for hydroxylation is 2. The number of amides is 1. The van der Waals surface area contributed by atoms with Crippen LogP contribution in [0, 0.1) is 6.92 Å². The Balaban J connectivity index is 1.32. The second-order valence-electron chi connectivity index (χ2n) is 8.86. The lowest BCUT2D eigenvalue weighted by molar-refractivity contribution is 0.0765. The zero-order chi connectivity index (χ0) is 21.1. The number of hydrogen-bond donors (Lipinski definition) is 1. The molecule has 1 amide bonds. The van der Waals surface area contributed by atoms with E-state index in [-0.39, 0.29) is 18.1 Å². The van der Waals surface area contributed by atoms with E-state index in [1.165, 1.54) is 25.7 Å². The average Bonchev–Trinajstić information content (AvgIpc) is 3.38. The molecule has 6 nitrogen and oxygen atoms in total. The molecule has 1 aromatic carbocycles. The first-order chi connectivity index (χ1) is 14.5. The Bertz CT molecular complexity index is 864. The summed E-state index contributed by atoms with van der Waals surface area (Å²) >= 11 is 0. The van der Waals surface area contributed by atoms with Gasteiger partial charge >= 0.3 is 0 Å². The molecule has 1 saturated heterocycles. The van der Waals surface area contributed by atoms with Crippen molar-refractivity contribution in [3.8, 4) is 5.75 Å². The van der Waals surface area contributed by atoms with Gasteiger partial charge in [-0.25, -0.2) is 0 Å². The Morgan fingerprint density at radius 2 is 1.93 bits per heavy atom. The van der Waals surface area contributed by atoms with Gasteiger partial charge in [0, 0.05) is 43.5 Å². The van der Waals surface area contributed by atoms with Crippen molar-refractivity contribution >= 4 is 5.91 Å². The van der Waals surface area contributed by atoms with Crippen LogP contribution in [0.5, 0.6) is 5.75 Å². The summed E-state index contributed by atoms with van der Waals surface area (Å²) in [6, 6.07) is 8.25. The van der Waals surface area contributed by atoms with Gasteiger partial charge in [0.25, 0.3) is 5.91 Å². The number of carbonyl (C=O) groups is 1. The first-order valence-corrected chi connectivity index (χ1v) is 11.3. The highest BCUT2D eigenvalue weighted by Gasteiger charge is 2.28. The van der Waals surface area contributed by atoms with Gasteiger partial charge in [-0.1, -0.05) is 18.9 Å². The van der Waals surface area contributed by atoms with Crippen LogP contribution in [0.1, 0.15) is 73.1 Å². The van der Waals surface area contributed by atoms with Gasteiger partial charge in [-0.3, -0.25) is 9.48 Å². The highest BCUT2D eigenvalue weighted by Crippen LogP contribution is 2.28. The summed E-state index contributed by atoms with van der Waals surface area (Å²) in [5.41, 5.74) is 2.60. The van der Waals surface area contributed by atoms with Crippen LogP contribution in [-0.2, 0) is 7.05 Å². The molecule has 0 radical (unpaired) electrons. The SMILES string of the molecule is Cc1nn(C)cc1C(C)NC(=O)c1cccc(OC2CCN(C3CCCC3)CC2)c1. The topological polar surface area (TPSA) is 59.4 Å². The second-order valence-corrected chi connectivity index (χ2v) is 8.86. The fourth-order valence-corrected chi connectivity index (χ4v) is 4.93. The molecular weight excluding hydrogens is 376 g/mol. The van der Waals surface area contributed by atoms with E-state index in [1.807, 2.05) is 51.4 Å². The molecule has 2 fully saturated rings. The van der Waals surface area contributed by atoms with Crippen LogP contribution >= 0.6 is 0 Å². The molecule has 1 aliphatic heterocycles. The number of rotatable bonds is 6. The molecule has 1 saturated carbocycles. The molecule has 162 valence electrons. The molecule has 2 aromatic rings. The van der Waals surface area contributed by atoms with Crippen LogP contribution < -0.4 is 10.1 Å². The molecule has 0 spiro atoms. The summed E-state index contributed by atoms with van der Waals surface area (Å²) < 4.78 is 8.03. The lowest BCUT2D eigenvalue weighted by atomic mass is 10.0. The van der Waals surface area contributed by atoms with Crippen LogP contribution in [-0.4, -0.2) is 45.8 Å². The predicted molar refractivity (Wildman–Crippen MR) is 118 cm³/mol. The van der Waals surface area contributed by atoms with Gasteiger partial charge in [-0.05, 0) is 57.7 Å². The molecular formula is C24H34N4O2. The largest absolute Gasteiger partial charge is 0.490 e. The summed E-state index contributed by atoms with van der Waals surface area (Å²) in [4.78, 5) is 15.4. The summed E-state index contributed by atoms with van der Waals surface area (Å²) in [7, 11) is 1.89. The summed E-state index contributed by atoms with van der Waals surface area (Å²) in [6.07, 6.45) is 9.80. The number of piperidine rings is 1.